The molecule has 0 spiro atoms. The average molecular weight is 234 g/mol. The van der Waals surface area contributed by atoms with Gasteiger partial charge < -0.3 is 10.2 Å². The molecule has 1 unspecified atom stereocenters. The van der Waals surface area contributed by atoms with E-state index < -0.39 is 0 Å². The van der Waals surface area contributed by atoms with Gasteiger partial charge in [0.1, 0.15) is 11.6 Å². The van der Waals surface area contributed by atoms with E-state index in [1.807, 2.05) is 6.20 Å². The molecular formula is C13H22N4. The standard InChI is InChI=1S/C13H22N4/c1-3-15-12-8-14-9-13(16-12)17-7-5-4-6-11(2)10-17/h8-9,11H,3-7,10H2,1-2H3,(H,15,16). The van der Waals surface area contributed by atoms with Crippen molar-refractivity contribution >= 4 is 11.6 Å². The maximum atomic E-state index is 4.61. The predicted molar refractivity (Wildman–Crippen MR) is 71.4 cm³/mol. The first-order chi connectivity index (χ1) is 8.29. The molecule has 1 atom stereocenters. The lowest BCUT2D eigenvalue weighted by Crippen LogP contribution is -2.28. The molecule has 17 heavy (non-hydrogen) atoms. The highest BCUT2D eigenvalue weighted by atomic mass is 15.2. The summed E-state index contributed by atoms with van der Waals surface area (Å²) in [7, 11) is 0. The van der Waals surface area contributed by atoms with Gasteiger partial charge in [-0.25, -0.2) is 4.98 Å². The van der Waals surface area contributed by atoms with Crippen LogP contribution in [0.15, 0.2) is 12.4 Å². The first kappa shape index (κ1) is 12.1. The Labute approximate surface area is 103 Å². The molecule has 1 saturated heterocycles. The van der Waals surface area contributed by atoms with Crippen molar-refractivity contribution in [3.05, 3.63) is 12.4 Å². The van der Waals surface area contributed by atoms with Crippen LogP contribution in [0, 0.1) is 5.92 Å². The molecule has 4 heteroatoms. The minimum Gasteiger partial charge on any atom is -0.369 e. The van der Waals surface area contributed by atoms with Gasteiger partial charge in [0.15, 0.2) is 0 Å². The Kier molecular flexibility index (Phi) is 4.18. The Balaban J connectivity index is 2.11. The van der Waals surface area contributed by atoms with Crippen LogP contribution in [0.25, 0.3) is 0 Å². The molecule has 0 aliphatic carbocycles. The van der Waals surface area contributed by atoms with Gasteiger partial charge in [0.2, 0.25) is 0 Å². The maximum absolute atomic E-state index is 4.61. The summed E-state index contributed by atoms with van der Waals surface area (Å²) in [6.45, 7) is 7.48. The van der Waals surface area contributed by atoms with E-state index in [9.17, 15) is 0 Å². The fourth-order valence-electron chi connectivity index (χ4n) is 2.34. The summed E-state index contributed by atoms with van der Waals surface area (Å²) in [5.41, 5.74) is 0. The third-order valence-electron chi connectivity index (χ3n) is 3.21. The zero-order valence-electron chi connectivity index (χ0n) is 10.8. The first-order valence-corrected chi connectivity index (χ1v) is 6.60. The smallest absolute Gasteiger partial charge is 0.149 e. The van der Waals surface area contributed by atoms with Crippen LogP contribution in [0.4, 0.5) is 11.6 Å². The second-order valence-electron chi connectivity index (χ2n) is 4.84. The predicted octanol–water partition coefficient (Wildman–Crippen LogP) is 2.53. The number of nitrogens with one attached hydrogen (secondary N) is 1. The van der Waals surface area contributed by atoms with Crippen molar-refractivity contribution in [2.45, 2.75) is 33.1 Å². The molecule has 2 heterocycles. The highest BCUT2D eigenvalue weighted by Crippen LogP contribution is 2.21. The third kappa shape index (κ3) is 3.32. The molecule has 94 valence electrons. The molecule has 0 aromatic carbocycles. The Morgan fingerprint density at radius 3 is 3.12 bits per heavy atom. The molecule has 1 aromatic heterocycles. The fourth-order valence-corrected chi connectivity index (χ4v) is 2.34. The molecule has 0 saturated carbocycles. The monoisotopic (exact) mass is 234 g/mol. The van der Waals surface area contributed by atoms with E-state index in [4.69, 9.17) is 0 Å². The van der Waals surface area contributed by atoms with Crippen molar-refractivity contribution in [2.24, 2.45) is 5.92 Å². The van der Waals surface area contributed by atoms with Gasteiger partial charge >= 0.3 is 0 Å². The van der Waals surface area contributed by atoms with Gasteiger partial charge in [-0.15, -0.1) is 0 Å². The van der Waals surface area contributed by atoms with Crippen LogP contribution >= 0.6 is 0 Å². The Bertz CT molecular complexity index is 353. The highest BCUT2D eigenvalue weighted by molar-refractivity contribution is 5.43. The lowest BCUT2D eigenvalue weighted by atomic mass is 10.1. The number of anilines is 2. The van der Waals surface area contributed by atoms with Gasteiger partial charge in [0, 0.05) is 19.6 Å². The minimum atomic E-state index is 0.752. The van der Waals surface area contributed by atoms with E-state index in [0.29, 0.717) is 0 Å². The second-order valence-corrected chi connectivity index (χ2v) is 4.84. The van der Waals surface area contributed by atoms with Crippen LogP contribution in [-0.2, 0) is 0 Å². The Hall–Kier alpha value is -1.32. The topological polar surface area (TPSA) is 41.1 Å². The number of hydrogen-bond acceptors (Lipinski definition) is 4. The molecule has 0 radical (unpaired) electrons. The molecule has 1 aliphatic heterocycles. The quantitative estimate of drug-likeness (QED) is 0.872. The summed E-state index contributed by atoms with van der Waals surface area (Å²) in [6, 6.07) is 0. The molecule has 1 aromatic rings. The van der Waals surface area contributed by atoms with E-state index in [2.05, 4.69) is 34.0 Å². The summed E-state index contributed by atoms with van der Waals surface area (Å²) < 4.78 is 0. The van der Waals surface area contributed by atoms with Crippen LogP contribution in [0.3, 0.4) is 0 Å². The van der Waals surface area contributed by atoms with Crippen molar-refractivity contribution in [1.82, 2.24) is 9.97 Å². The van der Waals surface area contributed by atoms with Gasteiger partial charge in [-0.2, -0.15) is 0 Å². The molecule has 4 nitrogen and oxygen atoms in total. The summed E-state index contributed by atoms with van der Waals surface area (Å²) in [5, 5.41) is 3.21. The van der Waals surface area contributed by atoms with Crippen molar-refractivity contribution in [2.75, 3.05) is 29.9 Å². The van der Waals surface area contributed by atoms with E-state index in [1.165, 1.54) is 19.3 Å². The first-order valence-electron chi connectivity index (χ1n) is 6.60. The van der Waals surface area contributed by atoms with Gasteiger partial charge in [-0.05, 0) is 25.7 Å². The van der Waals surface area contributed by atoms with E-state index in [0.717, 1.165) is 37.2 Å². The van der Waals surface area contributed by atoms with Gasteiger partial charge in [0.25, 0.3) is 0 Å². The minimum absolute atomic E-state index is 0.752. The summed E-state index contributed by atoms with van der Waals surface area (Å²) in [6.07, 6.45) is 7.58. The zero-order valence-corrected chi connectivity index (χ0v) is 10.8. The van der Waals surface area contributed by atoms with Crippen molar-refractivity contribution in [3.8, 4) is 0 Å². The number of aromatic nitrogens is 2. The molecular weight excluding hydrogens is 212 g/mol. The summed E-state index contributed by atoms with van der Waals surface area (Å²) in [5.74, 6) is 2.64. The zero-order chi connectivity index (χ0) is 12.1. The van der Waals surface area contributed by atoms with Crippen LogP contribution in [-0.4, -0.2) is 29.6 Å². The van der Waals surface area contributed by atoms with Gasteiger partial charge in [-0.3, -0.25) is 4.98 Å². The number of rotatable bonds is 3. The molecule has 1 N–H and O–H groups in total. The maximum Gasteiger partial charge on any atom is 0.149 e. The van der Waals surface area contributed by atoms with Gasteiger partial charge in [0.05, 0.1) is 12.4 Å². The largest absolute Gasteiger partial charge is 0.369 e. The second kappa shape index (κ2) is 5.84. The van der Waals surface area contributed by atoms with E-state index in [1.54, 1.807) is 6.20 Å². The Morgan fingerprint density at radius 1 is 1.41 bits per heavy atom. The fraction of sp³-hybridized carbons (Fsp3) is 0.692. The summed E-state index contributed by atoms with van der Waals surface area (Å²) in [4.78, 5) is 11.2. The number of nitrogens with zero attached hydrogens (tertiary/aromatic N) is 3. The van der Waals surface area contributed by atoms with Crippen LogP contribution in [0.2, 0.25) is 0 Å². The van der Waals surface area contributed by atoms with Crippen LogP contribution < -0.4 is 10.2 Å². The molecule has 0 bridgehead atoms. The molecule has 1 fully saturated rings. The molecule has 0 amide bonds. The lowest BCUT2D eigenvalue weighted by Gasteiger charge is -2.23. The summed E-state index contributed by atoms with van der Waals surface area (Å²) >= 11 is 0. The lowest BCUT2D eigenvalue weighted by molar-refractivity contribution is 0.543. The van der Waals surface area contributed by atoms with Crippen molar-refractivity contribution in [3.63, 3.8) is 0 Å². The molecule has 2 rings (SSSR count). The highest BCUT2D eigenvalue weighted by Gasteiger charge is 2.16. The van der Waals surface area contributed by atoms with E-state index in [-0.39, 0.29) is 0 Å². The van der Waals surface area contributed by atoms with Gasteiger partial charge in [-0.1, -0.05) is 13.3 Å². The molecule has 1 aliphatic rings. The van der Waals surface area contributed by atoms with E-state index >= 15 is 0 Å². The average Bonchev–Trinajstić information content (AvgIpc) is 2.55. The Morgan fingerprint density at radius 2 is 2.29 bits per heavy atom. The third-order valence-corrected chi connectivity index (χ3v) is 3.21. The normalized spacial score (nSPS) is 21.1. The SMILES string of the molecule is CCNc1cncc(N2CCCCC(C)C2)n1. The van der Waals surface area contributed by atoms with Crippen molar-refractivity contribution < 1.29 is 0 Å². The number of hydrogen-bond donors (Lipinski definition) is 1. The van der Waals surface area contributed by atoms with Crippen molar-refractivity contribution in [1.29, 1.82) is 0 Å². The van der Waals surface area contributed by atoms with Crippen LogP contribution in [0.1, 0.15) is 33.1 Å². The van der Waals surface area contributed by atoms with Crippen LogP contribution in [0.5, 0.6) is 0 Å².